The summed E-state index contributed by atoms with van der Waals surface area (Å²) in [6.07, 6.45) is 0. The Kier molecular flexibility index (Phi) is 8.97. The topological polar surface area (TPSA) is 129 Å². The van der Waals surface area contributed by atoms with Crippen LogP contribution < -0.4 is 28.6 Å². The van der Waals surface area contributed by atoms with Gasteiger partial charge in [0.2, 0.25) is 11.0 Å². The van der Waals surface area contributed by atoms with Gasteiger partial charge in [-0.25, -0.2) is 8.42 Å². The molecule has 1 aromatic heterocycles. The van der Waals surface area contributed by atoms with Crippen LogP contribution in [0.2, 0.25) is 5.02 Å². The Morgan fingerprint density at radius 1 is 0.875 bits per heavy atom. The number of hydrogen-bond acceptors (Lipinski definition) is 10. The van der Waals surface area contributed by atoms with Gasteiger partial charge in [0.15, 0.2) is 11.5 Å². The maximum absolute atomic E-state index is 14.0. The number of sulfonamides is 1. The normalized spacial score (nSPS) is 11.0. The highest BCUT2D eigenvalue weighted by molar-refractivity contribution is 7.92. The van der Waals surface area contributed by atoms with Crippen molar-refractivity contribution in [1.29, 1.82) is 0 Å². The van der Waals surface area contributed by atoms with E-state index >= 15 is 0 Å². The average Bonchev–Trinajstić information content (AvgIpc) is 3.43. The van der Waals surface area contributed by atoms with Gasteiger partial charge < -0.3 is 18.9 Å². The molecule has 0 atom stereocenters. The number of methoxy groups -OCH3 is 4. The van der Waals surface area contributed by atoms with Crippen molar-refractivity contribution >= 4 is 49.7 Å². The third-order valence-corrected chi connectivity index (χ3v) is 8.54. The number of aromatic nitrogens is 2. The lowest BCUT2D eigenvalue weighted by Crippen LogP contribution is -2.38. The zero-order chi connectivity index (χ0) is 28.9. The largest absolute Gasteiger partial charge is 0.497 e. The molecule has 3 aromatic carbocycles. The van der Waals surface area contributed by atoms with E-state index in [-0.39, 0.29) is 27.2 Å². The van der Waals surface area contributed by atoms with Crippen LogP contribution >= 0.6 is 22.9 Å². The van der Waals surface area contributed by atoms with E-state index in [0.717, 1.165) is 21.2 Å². The second kappa shape index (κ2) is 12.4. The fraction of sp³-hybridized carbons (Fsp3) is 0.192. The molecule has 0 saturated carbocycles. The molecular formula is C26H25ClN4O7S2. The zero-order valence-electron chi connectivity index (χ0n) is 21.9. The Balaban J connectivity index is 1.70. The molecule has 0 aliphatic rings. The Morgan fingerprint density at radius 2 is 1.55 bits per heavy atom. The molecule has 40 heavy (non-hydrogen) atoms. The van der Waals surface area contributed by atoms with Crippen molar-refractivity contribution in [2.75, 3.05) is 44.6 Å². The highest BCUT2D eigenvalue weighted by Gasteiger charge is 2.31. The number of hydrogen-bond donors (Lipinski definition) is 1. The molecule has 1 N–H and O–H groups in total. The first-order chi connectivity index (χ1) is 19.2. The third kappa shape index (κ3) is 6.22. The first-order valence-corrected chi connectivity index (χ1v) is 14.2. The minimum Gasteiger partial charge on any atom is -0.497 e. The fourth-order valence-electron chi connectivity index (χ4n) is 3.67. The van der Waals surface area contributed by atoms with Gasteiger partial charge in [-0.05, 0) is 36.4 Å². The average molecular weight is 605 g/mol. The van der Waals surface area contributed by atoms with E-state index in [1.54, 1.807) is 36.4 Å². The van der Waals surface area contributed by atoms with Crippen molar-refractivity contribution in [2.24, 2.45) is 0 Å². The van der Waals surface area contributed by atoms with Gasteiger partial charge in [-0.1, -0.05) is 35.1 Å². The maximum atomic E-state index is 14.0. The lowest BCUT2D eigenvalue weighted by Gasteiger charge is -2.26. The molecule has 1 heterocycles. The molecule has 0 unspecified atom stereocenters. The van der Waals surface area contributed by atoms with E-state index in [1.807, 2.05) is 0 Å². The van der Waals surface area contributed by atoms with E-state index in [9.17, 15) is 13.2 Å². The minimum atomic E-state index is -4.34. The molecule has 210 valence electrons. The second-order valence-corrected chi connectivity index (χ2v) is 11.3. The Labute approximate surface area is 240 Å². The zero-order valence-corrected chi connectivity index (χ0v) is 24.3. The Morgan fingerprint density at radius 3 is 2.20 bits per heavy atom. The molecule has 14 heteroatoms. The number of carbonyl (C=O) groups is 1. The highest BCUT2D eigenvalue weighted by Crippen LogP contribution is 2.37. The molecule has 0 aliphatic carbocycles. The van der Waals surface area contributed by atoms with E-state index in [4.69, 9.17) is 30.5 Å². The summed E-state index contributed by atoms with van der Waals surface area (Å²) in [7, 11) is 1.33. The van der Waals surface area contributed by atoms with Gasteiger partial charge in [0.25, 0.3) is 10.0 Å². The number of halogens is 1. The summed E-state index contributed by atoms with van der Waals surface area (Å²) < 4.78 is 50.2. The molecular weight excluding hydrogens is 580 g/mol. The monoisotopic (exact) mass is 604 g/mol. The highest BCUT2D eigenvalue weighted by atomic mass is 35.5. The van der Waals surface area contributed by atoms with Gasteiger partial charge in [0.05, 0.1) is 39.0 Å². The van der Waals surface area contributed by atoms with Crippen LogP contribution in [0.5, 0.6) is 23.0 Å². The Bertz CT molecular complexity index is 1610. The van der Waals surface area contributed by atoms with Crippen LogP contribution in [0, 0.1) is 0 Å². The van der Waals surface area contributed by atoms with Gasteiger partial charge in [0.1, 0.15) is 23.1 Å². The molecule has 11 nitrogen and oxygen atoms in total. The second-order valence-electron chi connectivity index (χ2n) is 8.03. The van der Waals surface area contributed by atoms with Crippen LogP contribution in [-0.4, -0.2) is 59.5 Å². The first kappa shape index (κ1) is 28.9. The van der Waals surface area contributed by atoms with Crippen molar-refractivity contribution in [1.82, 2.24) is 10.2 Å². The van der Waals surface area contributed by atoms with Crippen molar-refractivity contribution in [3.05, 3.63) is 65.7 Å². The van der Waals surface area contributed by atoms with Gasteiger partial charge >= 0.3 is 0 Å². The molecule has 4 rings (SSSR count). The SMILES string of the molecule is COc1ccc(OC)c(N(CC(=O)Nc2nnc(-c3ccc(Cl)cc3)s2)S(=O)(=O)c2ccc(OC)c(OC)c2)c1. The predicted octanol–water partition coefficient (Wildman–Crippen LogP) is 4.73. The number of benzene rings is 3. The number of anilines is 2. The lowest BCUT2D eigenvalue weighted by molar-refractivity contribution is -0.114. The molecule has 0 aliphatic heterocycles. The van der Waals surface area contributed by atoms with Crippen LogP contribution in [0.1, 0.15) is 0 Å². The maximum Gasteiger partial charge on any atom is 0.265 e. The van der Waals surface area contributed by atoms with E-state index in [1.165, 1.54) is 52.7 Å². The number of amides is 1. The van der Waals surface area contributed by atoms with Crippen molar-refractivity contribution in [3.63, 3.8) is 0 Å². The smallest absolute Gasteiger partial charge is 0.265 e. The summed E-state index contributed by atoms with van der Waals surface area (Å²) in [6.45, 7) is -0.615. The number of nitrogens with one attached hydrogen (secondary N) is 1. The summed E-state index contributed by atoms with van der Waals surface area (Å²) in [5, 5.41) is 12.1. The van der Waals surface area contributed by atoms with E-state index in [2.05, 4.69) is 15.5 Å². The molecule has 0 saturated heterocycles. The summed E-state index contributed by atoms with van der Waals surface area (Å²) in [4.78, 5) is 13.1. The molecule has 0 radical (unpaired) electrons. The first-order valence-electron chi connectivity index (χ1n) is 11.6. The van der Waals surface area contributed by atoms with Crippen LogP contribution in [0.15, 0.2) is 65.6 Å². The Hall–Kier alpha value is -4.07. The molecule has 4 aromatic rings. The van der Waals surface area contributed by atoms with Crippen molar-refractivity contribution in [3.8, 4) is 33.6 Å². The van der Waals surface area contributed by atoms with Crippen LogP contribution in [-0.2, 0) is 14.8 Å². The van der Waals surface area contributed by atoms with Gasteiger partial charge in [-0.3, -0.25) is 14.4 Å². The van der Waals surface area contributed by atoms with Gasteiger partial charge in [0, 0.05) is 22.7 Å². The van der Waals surface area contributed by atoms with E-state index < -0.39 is 22.5 Å². The molecule has 0 bridgehead atoms. The standard InChI is InChI=1S/C26H25ClN4O7S2/c1-35-18-9-11-21(36-2)20(13-18)31(40(33,34)19-10-12-22(37-3)23(14-19)38-4)15-24(32)28-26-30-29-25(39-26)16-5-7-17(27)8-6-16/h5-14H,15H2,1-4H3,(H,28,30,32). The summed E-state index contributed by atoms with van der Waals surface area (Å²) in [5.41, 5.74) is 0.854. The summed E-state index contributed by atoms with van der Waals surface area (Å²) in [6, 6.07) is 15.8. The lowest BCUT2D eigenvalue weighted by atomic mass is 10.2. The fourth-order valence-corrected chi connectivity index (χ4v) is 6.00. The molecule has 0 spiro atoms. The predicted molar refractivity (Wildman–Crippen MR) is 153 cm³/mol. The molecule has 1 amide bonds. The van der Waals surface area contributed by atoms with Crippen LogP contribution in [0.25, 0.3) is 10.6 Å². The number of nitrogens with zero attached hydrogens (tertiary/aromatic N) is 3. The van der Waals surface area contributed by atoms with Crippen molar-refractivity contribution < 1.29 is 32.2 Å². The third-order valence-electron chi connectivity index (χ3n) is 5.65. The number of ether oxygens (including phenoxy) is 4. The van der Waals surface area contributed by atoms with Crippen LogP contribution in [0.4, 0.5) is 10.8 Å². The minimum absolute atomic E-state index is 0.0888. The summed E-state index contributed by atoms with van der Waals surface area (Å²) >= 11 is 7.08. The molecule has 0 fully saturated rings. The van der Waals surface area contributed by atoms with Gasteiger partial charge in [-0.15, -0.1) is 10.2 Å². The van der Waals surface area contributed by atoms with Crippen molar-refractivity contribution in [2.45, 2.75) is 4.90 Å². The van der Waals surface area contributed by atoms with Gasteiger partial charge in [-0.2, -0.15) is 0 Å². The summed E-state index contributed by atoms with van der Waals surface area (Å²) in [5.74, 6) is 0.457. The number of rotatable bonds is 11. The quantitative estimate of drug-likeness (QED) is 0.258. The van der Waals surface area contributed by atoms with E-state index in [0.29, 0.717) is 21.5 Å². The number of carbonyl (C=O) groups excluding carboxylic acids is 1. The van der Waals surface area contributed by atoms with Crippen LogP contribution in [0.3, 0.4) is 0 Å².